The summed E-state index contributed by atoms with van der Waals surface area (Å²) in [7, 11) is 1.90. The Morgan fingerprint density at radius 3 is 2.62 bits per heavy atom. The summed E-state index contributed by atoms with van der Waals surface area (Å²) in [5, 5.41) is 3.73. The third-order valence-corrected chi connectivity index (χ3v) is 6.47. The first-order chi connectivity index (χ1) is 13.6. The number of aromatic nitrogens is 2. The second kappa shape index (κ2) is 9.49. The molecule has 158 valence electrons. The Balaban J connectivity index is 0.00000240. The zero-order chi connectivity index (χ0) is 19.7. The van der Waals surface area contributed by atoms with E-state index in [1.54, 1.807) is 0 Å². The number of imidazole rings is 1. The summed E-state index contributed by atoms with van der Waals surface area (Å²) in [6, 6.07) is 10.1. The number of rotatable bonds is 4. The zero-order valence-electron chi connectivity index (χ0n) is 18.0. The SMILES string of the molecule is CN=C(NC1CC1c1ccc(C(C)C)cc1)N1CCC(C)C(n2ccnc2)C1.I. The first-order valence-corrected chi connectivity index (χ1v) is 10.6. The number of guanidine groups is 1. The van der Waals surface area contributed by atoms with E-state index in [2.05, 4.69) is 76.0 Å². The molecular formula is C23H34IN5. The highest BCUT2D eigenvalue weighted by Gasteiger charge is 2.40. The van der Waals surface area contributed by atoms with Gasteiger partial charge in [-0.2, -0.15) is 0 Å². The summed E-state index contributed by atoms with van der Waals surface area (Å²) < 4.78 is 2.25. The Morgan fingerprint density at radius 1 is 1.24 bits per heavy atom. The number of hydrogen-bond donors (Lipinski definition) is 1. The van der Waals surface area contributed by atoms with Crippen LogP contribution in [0.25, 0.3) is 0 Å². The molecule has 1 aromatic carbocycles. The molecule has 2 aliphatic rings. The Kier molecular flexibility index (Phi) is 7.24. The molecule has 2 heterocycles. The molecular weight excluding hydrogens is 473 g/mol. The van der Waals surface area contributed by atoms with Crippen molar-refractivity contribution in [2.75, 3.05) is 20.1 Å². The van der Waals surface area contributed by atoms with Gasteiger partial charge >= 0.3 is 0 Å². The first kappa shape index (κ1) is 22.1. The Bertz CT molecular complexity index is 799. The quantitative estimate of drug-likeness (QED) is 0.373. The smallest absolute Gasteiger partial charge is 0.193 e. The van der Waals surface area contributed by atoms with Gasteiger partial charge < -0.3 is 14.8 Å². The normalized spacial score (nSPS) is 26.9. The molecule has 29 heavy (non-hydrogen) atoms. The fourth-order valence-electron chi connectivity index (χ4n) is 4.41. The van der Waals surface area contributed by atoms with Gasteiger partial charge in [-0.05, 0) is 35.8 Å². The van der Waals surface area contributed by atoms with Crippen LogP contribution >= 0.6 is 24.0 Å². The van der Waals surface area contributed by atoms with E-state index in [9.17, 15) is 0 Å². The molecule has 5 nitrogen and oxygen atoms in total. The van der Waals surface area contributed by atoms with Crippen LogP contribution in [0.15, 0.2) is 48.0 Å². The summed E-state index contributed by atoms with van der Waals surface area (Å²) >= 11 is 0. The molecule has 4 unspecified atom stereocenters. The minimum atomic E-state index is 0. The Hall–Kier alpha value is -1.57. The average molecular weight is 507 g/mol. The third-order valence-electron chi connectivity index (χ3n) is 6.47. The van der Waals surface area contributed by atoms with Crippen LogP contribution in [0.3, 0.4) is 0 Å². The van der Waals surface area contributed by atoms with E-state index in [0.717, 1.165) is 19.0 Å². The van der Waals surface area contributed by atoms with Gasteiger partial charge in [-0.25, -0.2) is 4.98 Å². The maximum absolute atomic E-state index is 4.60. The summed E-state index contributed by atoms with van der Waals surface area (Å²) in [6.45, 7) is 8.88. The van der Waals surface area contributed by atoms with Crippen LogP contribution < -0.4 is 5.32 Å². The van der Waals surface area contributed by atoms with Gasteiger partial charge in [0.2, 0.25) is 0 Å². The maximum atomic E-state index is 4.60. The molecule has 1 aliphatic carbocycles. The van der Waals surface area contributed by atoms with Gasteiger partial charge in [-0.15, -0.1) is 24.0 Å². The number of benzene rings is 1. The Morgan fingerprint density at radius 2 is 2.00 bits per heavy atom. The Labute approximate surface area is 192 Å². The van der Waals surface area contributed by atoms with Gasteiger partial charge in [0.05, 0.1) is 12.4 Å². The molecule has 1 aromatic heterocycles. The number of nitrogens with one attached hydrogen (secondary N) is 1. The van der Waals surface area contributed by atoms with Crippen LogP contribution in [-0.4, -0.2) is 46.6 Å². The standard InChI is InChI=1S/C23H33N5.HI/c1-16(2)18-5-7-19(8-6-18)20-13-21(20)26-23(24-4)27-11-9-17(3)22(14-27)28-12-10-25-15-28;/h5-8,10,12,15-17,20-22H,9,11,13-14H2,1-4H3,(H,24,26);1H. The van der Waals surface area contributed by atoms with Crippen molar-refractivity contribution >= 4 is 29.9 Å². The number of hydrogen-bond acceptors (Lipinski definition) is 2. The number of halogens is 1. The molecule has 0 spiro atoms. The van der Waals surface area contributed by atoms with E-state index in [4.69, 9.17) is 0 Å². The lowest BCUT2D eigenvalue weighted by Gasteiger charge is -2.39. The predicted molar refractivity (Wildman–Crippen MR) is 130 cm³/mol. The fourth-order valence-corrected chi connectivity index (χ4v) is 4.41. The van der Waals surface area contributed by atoms with E-state index in [1.165, 1.54) is 24.0 Å². The highest BCUT2D eigenvalue weighted by atomic mass is 127. The van der Waals surface area contributed by atoms with Crippen molar-refractivity contribution in [3.05, 3.63) is 54.1 Å². The summed E-state index contributed by atoms with van der Waals surface area (Å²) in [4.78, 5) is 11.3. The summed E-state index contributed by atoms with van der Waals surface area (Å²) in [6.07, 6.45) is 8.26. The molecule has 0 amide bonds. The first-order valence-electron chi connectivity index (χ1n) is 10.6. The van der Waals surface area contributed by atoms with E-state index in [1.807, 2.05) is 19.6 Å². The second-order valence-electron chi connectivity index (χ2n) is 8.75. The van der Waals surface area contributed by atoms with Crippen molar-refractivity contribution in [1.29, 1.82) is 0 Å². The van der Waals surface area contributed by atoms with Crippen LogP contribution in [0, 0.1) is 5.92 Å². The van der Waals surface area contributed by atoms with Crippen LogP contribution in [0.5, 0.6) is 0 Å². The number of likely N-dealkylation sites (tertiary alicyclic amines) is 1. The van der Waals surface area contributed by atoms with E-state index < -0.39 is 0 Å². The van der Waals surface area contributed by atoms with Crippen molar-refractivity contribution in [2.24, 2.45) is 10.9 Å². The topological polar surface area (TPSA) is 45.5 Å². The predicted octanol–water partition coefficient (Wildman–Crippen LogP) is 4.64. The van der Waals surface area contributed by atoms with E-state index in [0.29, 0.717) is 29.8 Å². The second-order valence-corrected chi connectivity index (χ2v) is 8.75. The van der Waals surface area contributed by atoms with Crippen molar-refractivity contribution in [1.82, 2.24) is 19.8 Å². The van der Waals surface area contributed by atoms with Crippen LogP contribution in [0.2, 0.25) is 0 Å². The molecule has 1 saturated heterocycles. The highest BCUT2D eigenvalue weighted by Crippen LogP contribution is 2.41. The largest absolute Gasteiger partial charge is 0.353 e. The lowest BCUT2D eigenvalue weighted by atomic mass is 9.93. The molecule has 2 aromatic rings. The summed E-state index contributed by atoms with van der Waals surface area (Å²) in [5.41, 5.74) is 2.86. The van der Waals surface area contributed by atoms with Gasteiger partial charge in [0.15, 0.2) is 5.96 Å². The molecule has 6 heteroatoms. The number of piperidine rings is 1. The van der Waals surface area contributed by atoms with Gasteiger partial charge in [0.1, 0.15) is 0 Å². The minimum Gasteiger partial charge on any atom is -0.353 e. The van der Waals surface area contributed by atoms with Gasteiger partial charge in [-0.1, -0.05) is 45.0 Å². The molecule has 0 radical (unpaired) electrons. The van der Waals surface area contributed by atoms with Crippen LogP contribution in [0.4, 0.5) is 0 Å². The summed E-state index contributed by atoms with van der Waals surface area (Å²) in [5.74, 6) is 2.89. The van der Waals surface area contributed by atoms with Gasteiger partial charge in [0.25, 0.3) is 0 Å². The zero-order valence-corrected chi connectivity index (χ0v) is 20.3. The van der Waals surface area contributed by atoms with Crippen LogP contribution in [0.1, 0.15) is 62.6 Å². The number of aliphatic imine (C=N–C) groups is 1. The third kappa shape index (κ3) is 4.95. The van der Waals surface area contributed by atoms with Crippen molar-refractivity contribution < 1.29 is 0 Å². The fraction of sp³-hybridized carbons (Fsp3) is 0.565. The van der Waals surface area contributed by atoms with E-state index >= 15 is 0 Å². The van der Waals surface area contributed by atoms with E-state index in [-0.39, 0.29) is 24.0 Å². The number of nitrogens with zero attached hydrogens (tertiary/aromatic N) is 4. The van der Waals surface area contributed by atoms with Gasteiger partial charge in [0, 0.05) is 44.5 Å². The molecule has 4 atom stereocenters. The molecule has 4 rings (SSSR count). The van der Waals surface area contributed by atoms with Crippen molar-refractivity contribution in [3.63, 3.8) is 0 Å². The monoisotopic (exact) mass is 507 g/mol. The van der Waals surface area contributed by atoms with Crippen LogP contribution in [-0.2, 0) is 0 Å². The average Bonchev–Trinajstić information content (AvgIpc) is 3.26. The van der Waals surface area contributed by atoms with Crippen molar-refractivity contribution in [3.8, 4) is 0 Å². The molecule has 0 bridgehead atoms. The lowest BCUT2D eigenvalue weighted by molar-refractivity contribution is 0.189. The highest BCUT2D eigenvalue weighted by molar-refractivity contribution is 14.0. The van der Waals surface area contributed by atoms with Crippen molar-refractivity contribution in [2.45, 2.75) is 57.5 Å². The molecule has 1 N–H and O–H groups in total. The molecule has 2 fully saturated rings. The molecule has 1 saturated carbocycles. The maximum Gasteiger partial charge on any atom is 0.193 e. The van der Waals surface area contributed by atoms with Gasteiger partial charge in [-0.3, -0.25) is 4.99 Å². The lowest BCUT2D eigenvalue weighted by Crippen LogP contribution is -2.49. The minimum absolute atomic E-state index is 0. The molecule has 1 aliphatic heterocycles.